The van der Waals surface area contributed by atoms with Gasteiger partial charge in [0.2, 0.25) is 5.91 Å². The molecular formula is C13H23N3O. The topological polar surface area (TPSA) is 47.3 Å². The molecule has 1 amide bonds. The van der Waals surface area contributed by atoms with Crippen LogP contribution in [0.5, 0.6) is 0 Å². The van der Waals surface area contributed by atoms with Crippen molar-refractivity contribution >= 4 is 5.91 Å². The zero-order valence-corrected chi connectivity index (χ0v) is 11.5. The van der Waals surface area contributed by atoms with Crippen LogP contribution in [0.2, 0.25) is 0 Å². The number of carbonyl (C=O) groups is 1. The number of carbonyl (C=O) groups excluding carboxylic acids is 1. The van der Waals surface area contributed by atoms with Crippen molar-refractivity contribution in [3.8, 4) is 6.07 Å². The quantitative estimate of drug-likeness (QED) is 0.747. The van der Waals surface area contributed by atoms with Crippen molar-refractivity contribution < 1.29 is 4.79 Å². The monoisotopic (exact) mass is 237 g/mol. The molecule has 1 heterocycles. The van der Waals surface area contributed by atoms with Crippen molar-refractivity contribution in [2.75, 3.05) is 20.1 Å². The highest BCUT2D eigenvalue weighted by Gasteiger charge is 2.42. The van der Waals surface area contributed by atoms with Crippen LogP contribution in [0.1, 0.15) is 34.1 Å². The molecule has 0 N–H and O–H groups in total. The van der Waals surface area contributed by atoms with Gasteiger partial charge in [-0.2, -0.15) is 5.26 Å². The minimum Gasteiger partial charge on any atom is -0.338 e. The zero-order valence-electron chi connectivity index (χ0n) is 11.5. The fraction of sp³-hybridized carbons (Fsp3) is 0.846. The van der Waals surface area contributed by atoms with Gasteiger partial charge in [-0.15, -0.1) is 0 Å². The van der Waals surface area contributed by atoms with Gasteiger partial charge < -0.3 is 4.90 Å². The largest absolute Gasteiger partial charge is 0.338 e. The Morgan fingerprint density at radius 3 is 2.59 bits per heavy atom. The van der Waals surface area contributed by atoms with Crippen molar-refractivity contribution in [3.63, 3.8) is 0 Å². The van der Waals surface area contributed by atoms with E-state index in [-0.39, 0.29) is 23.9 Å². The Labute approximate surface area is 104 Å². The maximum absolute atomic E-state index is 12.3. The van der Waals surface area contributed by atoms with Crippen LogP contribution in [0, 0.1) is 17.2 Å². The molecule has 1 rings (SSSR count). The molecule has 1 saturated heterocycles. The molecule has 96 valence electrons. The van der Waals surface area contributed by atoms with E-state index >= 15 is 0 Å². The molecule has 1 fully saturated rings. The molecule has 0 aromatic carbocycles. The second-order valence-corrected chi connectivity index (χ2v) is 5.91. The molecule has 0 aliphatic carbocycles. The number of hydrogen-bond donors (Lipinski definition) is 0. The first-order valence-corrected chi connectivity index (χ1v) is 6.18. The number of rotatable bonds is 3. The summed E-state index contributed by atoms with van der Waals surface area (Å²) in [6.07, 6.45) is 0.284. The minimum absolute atomic E-state index is 0.0726. The molecule has 1 atom stereocenters. The van der Waals surface area contributed by atoms with Gasteiger partial charge in [0, 0.05) is 25.7 Å². The van der Waals surface area contributed by atoms with E-state index in [4.69, 9.17) is 5.26 Å². The normalized spacial score (nSPS) is 25.1. The second-order valence-electron chi connectivity index (χ2n) is 5.91. The summed E-state index contributed by atoms with van der Waals surface area (Å²) in [4.78, 5) is 16.2. The number of amides is 1. The highest BCUT2D eigenvalue weighted by Crippen LogP contribution is 2.25. The Kier molecular flexibility index (Phi) is 4.16. The van der Waals surface area contributed by atoms with E-state index in [1.807, 2.05) is 7.05 Å². The summed E-state index contributed by atoms with van der Waals surface area (Å²) in [6.45, 7) is 10.1. The molecule has 0 aromatic rings. The van der Waals surface area contributed by atoms with Crippen molar-refractivity contribution in [1.29, 1.82) is 5.26 Å². The van der Waals surface area contributed by atoms with Gasteiger partial charge in [0.05, 0.1) is 12.5 Å². The molecule has 0 bridgehead atoms. The first kappa shape index (κ1) is 14.0. The summed E-state index contributed by atoms with van der Waals surface area (Å²) < 4.78 is 0. The minimum atomic E-state index is -0.263. The summed E-state index contributed by atoms with van der Waals surface area (Å²) in [5, 5.41) is 8.86. The Morgan fingerprint density at radius 2 is 2.12 bits per heavy atom. The van der Waals surface area contributed by atoms with Gasteiger partial charge in [0.25, 0.3) is 0 Å². The lowest BCUT2D eigenvalue weighted by molar-refractivity contribution is -0.149. The fourth-order valence-electron chi connectivity index (χ4n) is 2.35. The van der Waals surface area contributed by atoms with E-state index in [0.717, 1.165) is 13.1 Å². The van der Waals surface area contributed by atoms with Gasteiger partial charge in [-0.05, 0) is 19.8 Å². The number of piperazine rings is 1. The summed E-state index contributed by atoms with van der Waals surface area (Å²) >= 11 is 0. The average molecular weight is 237 g/mol. The van der Waals surface area contributed by atoms with Crippen molar-refractivity contribution in [3.05, 3.63) is 0 Å². The smallest absolute Gasteiger partial charge is 0.241 e. The molecular weight excluding hydrogens is 214 g/mol. The third-order valence-electron chi connectivity index (χ3n) is 3.44. The highest BCUT2D eigenvalue weighted by atomic mass is 16.2. The molecule has 4 nitrogen and oxygen atoms in total. The lowest BCUT2D eigenvalue weighted by Gasteiger charge is -2.49. The maximum atomic E-state index is 12.3. The Hall–Kier alpha value is -1.08. The van der Waals surface area contributed by atoms with E-state index in [2.05, 4.69) is 38.7 Å². The van der Waals surface area contributed by atoms with Crippen LogP contribution in [0.25, 0.3) is 0 Å². The van der Waals surface area contributed by atoms with Gasteiger partial charge in [0.1, 0.15) is 6.04 Å². The Balaban J connectivity index is 2.92. The van der Waals surface area contributed by atoms with E-state index in [9.17, 15) is 4.79 Å². The first-order chi connectivity index (χ1) is 7.79. The van der Waals surface area contributed by atoms with Crippen LogP contribution < -0.4 is 0 Å². The number of nitrogens with zero attached hydrogens (tertiary/aromatic N) is 3. The average Bonchev–Trinajstić information content (AvgIpc) is 2.20. The van der Waals surface area contributed by atoms with E-state index in [0.29, 0.717) is 5.92 Å². The van der Waals surface area contributed by atoms with Crippen molar-refractivity contribution in [2.45, 2.75) is 45.7 Å². The lowest BCUT2D eigenvalue weighted by atomic mass is 9.93. The summed E-state index contributed by atoms with van der Waals surface area (Å²) in [7, 11) is 1.83. The third kappa shape index (κ3) is 2.98. The molecule has 0 spiro atoms. The number of hydrogen-bond acceptors (Lipinski definition) is 3. The Bertz CT molecular complexity index is 330. The van der Waals surface area contributed by atoms with Crippen molar-refractivity contribution in [2.24, 2.45) is 5.92 Å². The van der Waals surface area contributed by atoms with Crippen LogP contribution >= 0.6 is 0 Å². The number of likely N-dealkylation sites (N-methyl/N-ethyl adjacent to an activating group) is 1. The number of nitriles is 1. The molecule has 1 aliphatic rings. The van der Waals surface area contributed by atoms with Gasteiger partial charge in [-0.3, -0.25) is 9.69 Å². The third-order valence-corrected chi connectivity index (χ3v) is 3.44. The highest BCUT2D eigenvalue weighted by molar-refractivity contribution is 5.83. The molecule has 0 aromatic heterocycles. The molecule has 4 heteroatoms. The summed E-state index contributed by atoms with van der Waals surface area (Å²) in [6, 6.07) is 1.87. The predicted molar refractivity (Wildman–Crippen MR) is 67.3 cm³/mol. The van der Waals surface area contributed by atoms with Gasteiger partial charge in [0.15, 0.2) is 0 Å². The molecule has 1 aliphatic heterocycles. The second kappa shape index (κ2) is 5.05. The van der Waals surface area contributed by atoms with Crippen LogP contribution in [-0.2, 0) is 4.79 Å². The van der Waals surface area contributed by atoms with E-state index < -0.39 is 0 Å². The van der Waals surface area contributed by atoms with E-state index in [1.165, 1.54) is 0 Å². The maximum Gasteiger partial charge on any atom is 0.241 e. The first-order valence-electron chi connectivity index (χ1n) is 6.18. The van der Waals surface area contributed by atoms with Gasteiger partial charge in [-0.25, -0.2) is 0 Å². The Morgan fingerprint density at radius 1 is 1.53 bits per heavy atom. The molecule has 17 heavy (non-hydrogen) atoms. The van der Waals surface area contributed by atoms with Crippen LogP contribution in [0.3, 0.4) is 0 Å². The summed E-state index contributed by atoms with van der Waals surface area (Å²) in [5.74, 6) is 0.576. The standard InChI is InChI=1S/C13H23N3O/c1-10(2)8-16-9-13(3,4)15(5)12(17)11(16)6-7-14/h10-11H,6,8-9H2,1-5H3. The fourth-order valence-corrected chi connectivity index (χ4v) is 2.35. The van der Waals surface area contributed by atoms with Crippen LogP contribution in [0.15, 0.2) is 0 Å². The summed E-state index contributed by atoms with van der Waals surface area (Å²) in [5.41, 5.74) is -0.155. The van der Waals surface area contributed by atoms with Crippen molar-refractivity contribution in [1.82, 2.24) is 9.80 Å². The molecule has 0 saturated carbocycles. The van der Waals surface area contributed by atoms with E-state index in [1.54, 1.807) is 4.90 Å². The molecule has 1 unspecified atom stereocenters. The predicted octanol–water partition coefficient (Wildman–Crippen LogP) is 1.48. The lowest BCUT2D eigenvalue weighted by Crippen LogP contribution is -2.65. The zero-order chi connectivity index (χ0) is 13.2. The van der Waals surface area contributed by atoms with Gasteiger partial charge >= 0.3 is 0 Å². The van der Waals surface area contributed by atoms with Crippen LogP contribution in [0.4, 0.5) is 0 Å². The van der Waals surface area contributed by atoms with Gasteiger partial charge in [-0.1, -0.05) is 13.8 Å². The van der Waals surface area contributed by atoms with Crippen LogP contribution in [-0.4, -0.2) is 47.4 Å². The molecule has 0 radical (unpaired) electrons. The SMILES string of the molecule is CC(C)CN1CC(C)(C)N(C)C(=O)C1CC#N.